The molecule has 0 aromatic rings. The topological polar surface area (TPSA) is 15.3 Å². The molecule has 0 amide bonds. The third-order valence-corrected chi connectivity index (χ3v) is 3.00. The highest BCUT2D eigenvalue weighted by Crippen LogP contribution is 2.29. The van der Waals surface area contributed by atoms with Crippen molar-refractivity contribution in [3.63, 3.8) is 0 Å². The lowest BCUT2D eigenvalue weighted by Gasteiger charge is -2.36. The van der Waals surface area contributed by atoms with Gasteiger partial charge in [-0.1, -0.05) is 11.9 Å². The minimum Gasteiger partial charge on any atom is -0.312 e. The van der Waals surface area contributed by atoms with Crippen LogP contribution in [0.1, 0.15) is 6.42 Å². The van der Waals surface area contributed by atoms with Gasteiger partial charge >= 0.3 is 0 Å². The van der Waals surface area contributed by atoms with Gasteiger partial charge in [-0.3, -0.25) is 0 Å². The van der Waals surface area contributed by atoms with Crippen molar-refractivity contribution in [2.75, 3.05) is 26.4 Å². The number of hydrogen-bond acceptors (Lipinski definition) is 3. The maximum absolute atomic E-state index is 13.2. The molecule has 0 radical (unpaired) electrons. The first-order chi connectivity index (χ1) is 5.60. The Morgan fingerprint density at radius 2 is 2.25 bits per heavy atom. The largest absolute Gasteiger partial charge is 0.312 e. The van der Waals surface area contributed by atoms with Crippen LogP contribution in [-0.2, 0) is 0 Å². The van der Waals surface area contributed by atoms with E-state index in [0.717, 1.165) is 6.54 Å². The van der Waals surface area contributed by atoms with Gasteiger partial charge in [0.05, 0.1) is 12.6 Å². The quantitative estimate of drug-likeness (QED) is 0.668. The van der Waals surface area contributed by atoms with E-state index in [2.05, 4.69) is 5.32 Å². The molecule has 1 fully saturated rings. The maximum atomic E-state index is 13.2. The predicted molar refractivity (Wildman–Crippen MR) is 47.5 cm³/mol. The van der Waals surface area contributed by atoms with Gasteiger partial charge in [0.15, 0.2) is 0 Å². The van der Waals surface area contributed by atoms with Crippen LogP contribution in [0.5, 0.6) is 0 Å². The van der Waals surface area contributed by atoms with E-state index in [1.54, 1.807) is 11.4 Å². The van der Waals surface area contributed by atoms with Gasteiger partial charge in [-0.2, -0.15) is 0 Å². The average Bonchev–Trinajstić information content (AvgIpc) is 2.02. The van der Waals surface area contributed by atoms with E-state index >= 15 is 0 Å². The van der Waals surface area contributed by atoms with Gasteiger partial charge in [0, 0.05) is 6.54 Å². The molecule has 0 aromatic heterocycles. The number of nitrogens with one attached hydrogen (secondary N) is 1. The van der Waals surface area contributed by atoms with Crippen LogP contribution in [0, 0.1) is 0 Å². The Hall–Kier alpha value is 0.130. The third kappa shape index (κ3) is 2.08. The van der Waals surface area contributed by atoms with Gasteiger partial charge < -0.3 is 5.32 Å². The van der Waals surface area contributed by atoms with Crippen LogP contribution in [0.2, 0.25) is 0 Å². The fourth-order valence-electron chi connectivity index (χ4n) is 1.42. The molecule has 5 heteroatoms. The molecule has 0 aromatic carbocycles. The van der Waals surface area contributed by atoms with Crippen LogP contribution >= 0.6 is 11.9 Å². The average molecular weight is 196 g/mol. The van der Waals surface area contributed by atoms with E-state index in [9.17, 15) is 8.78 Å². The second-order valence-corrected chi connectivity index (χ2v) is 3.82. The van der Waals surface area contributed by atoms with Gasteiger partial charge in [0.1, 0.15) is 0 Å². The molecule has 0 bridgehead atoms. The lowest BCUT2D eigenvalue weighted by molar-refractivity contribution is -0.0677. The first-order valence-electron chi connectivity index (χ1n) is 3.94. The summed E-state index contributed by atoms with van der Waals surface area (Å²) in [6.07, 6.45) is 2.35. The number of rotatable bonds is 2. The molecule has 1 N–H and O–H groups in total. The van der Waals surface area contributed by atoms with Crippen molar-refractivity contribution in [2.24, 2.45) is 0 Å². The predicted octanol–water partition coefficient (Wildman–Crippen LogP) is 1.19. The van der Waals surface area contributed by atoms with Crippen molar-refractivity contribution in [3.05, 3.63) is 0 Å². The van der Waals surface area contributed by atoms with Crippen molar-refractivity contribution in [1.29, 1.82) is 0 Å². The number of hydrogen-bond donors (Lipinski definition) is 1. The minimum absolute atomic E-state index is 0.139. The summed E-state index contributed by atoms with van der Waals surface area (Å²) in [5.74, 6) is -2.59. The maximum Gasteiger partial charge on any atom is 0.276 e. The molecule has 1 saturated heterocycles. The molecular formula is C7H14F2N2S. The molecule has 72 valence electrons. The van der Waals surface area contributed by atoms with Crippen LogP contribution in [0.4, 0.5) is 8.78 Å². The molecule has 2 nitrogen and oxygen atoms in total. The fraction of sp³-hybridized carbons (Fsp3) is 1.00. The van der Waals surface area contributed by atoms with Crippen LogP contribution in [-0.4, -0.2) is 42.7 Å². The molecular weight excluding hydrogens is 182 g/mol. The molecule has 1 aliphatic rings. The molecule has 1 rings (SSSR count). The van der Waals surface area contributed by atoms with Crippen LogP contribution in [0.15, 0.2) is 0 Å². The van der Waals surface area contributed by atoms with Crippen molar-refractivity contribution >= 4 is 11.9 Å². The lowest BCUT2D eigenvalue weighted by Crippen LogP contribution is -2.54. The van der Waals surface area contributed by atoms with Crippen LogP contribution in [0.3, 0.4) is 0 Å². The molecule has 1 heterocycles. The zero-order valence-electron chi connectivity index (χ0n) is 7.31. The highest BCUT2D eigenvalue weighted by molar-refractivity contribution is 7.96. The first kappa shape index (κ1) is 10.2. The van der Waals surface area contributed by atoms with Gasteiger partial charge in [-0.15, -0.1) is 0 Å². The second-order valence-electron chi connectivity index (χ2n) is 2.94. The molecule has 1 aliphatic heterocycles. The van der Waals surface area contributed by atoms with Gasteiger partial charge in [0.25, 0.3) is 5.92 Å². The van der Waals surface area contributed by atoms with Gasteiger partial charge in [0.2, 0.25) is 0 Å². The lowest BCUT2D eigenvalue weighted by atomic mass is 10.0. The van der Waals surface area contributed by atoms with Crippen molar-refractivity contribution in [3.8, 4) is 0 Å². The van der Waals surface area contributed by atoms with Crippen molar-refractivity contribution < 1.29 is 8.78 Å². The second kappa shape index (κ2) is 3.89. The molecule has 0 aliphatic carbocycles. The number of alkyl halides is 2. The Labute approximate surface area is 75.8 Å². The zero-order valence-corrected chi connectivity index (χ0v) is 8.13. The Morgan fingerprint density at radius 1 is 1.58 bits per heavy atom. The van der Waals surface area contributed by atoms with Crippen LogP contribution in [0.25, 0.3) is 0 Å². The minimum atomic E-state index is -2.59. The molecule has 12 heavy (non-hydrogen) atoms. The van der Waals surface area contributed by atoms with Gasteiger partial charge in [-0.25, -0.2) is 13.1 Å². The fourth-order valence-corrected chi connectivity index (χ4v) is 2.01. The number of piperidine rings is 1. The Kier molecular flexibility index (Phi) is 3.31. The van der Waals surface area contributed by atoms with Crippen molar-refractivity contribution in [2.45, 2.75) is 18.4 Å². The Bertz CT molecular complexity index is 154. The SMILES string of the molecule is CNC1CCN(SC)CC1(F)F. The Morgan fingerprint density at radius 3 is 2.67 bits per heavy atom. The number of halogens is 2. The summed E-state index contributed by atoms with van der Waals surface area (Å²) in [4.78, 5) is 0. The normalized spacial score (nSPS) is 30.5. The van der Waals surface area contributed by atoms with E-state index < -0.39 is 12.0 Å². The number of nitrogens with zero attached hydrogens (tertiary/aromatic N) is 1. The highest BCUT2D eigenvalue weighted by atomic mass is 32.2. The third-order valence-electron chi connectivity index (χ3n) is 2.17. The van der Waals surface area contributed by atoms with Gasteiger partial charge in [-0.05, 0) is 19.7 Å². The summed E-state index contributed by atoms with van der Waals surface area (Å²) in [6.45, 7) is 0.599. The van der Waals surface area contributed by atoms with E-state index in [1.165, 1.54) is 11.9 Å². The van der Waals surface area contributed by atoms with Crippen molar-refractivity contribution in [1.82, 2.24) is 9.62 Å². The smallest absolute Gasteiger partial charge is 0.276 e. The monoisotopic (exact) mass is 196 g/mol. The summed E-state index contributed by atoms with van der Waals surface area (Å²) in [6, 6.07) is -0.652. The summed E-state index contributed by atoms with van der Waals surface area (Å²) in [5, 5.41) is 2.65. The molecule has 0 spiro atoms. The summed E-state index contributed by atoms with van der Waals surface area (Å²) in [7, 11) is 1.59. The molecule has 0 saturated carbocycles. The summed E-state index contributed by atoms with van der Waals surface area (Å²) < 4.78 is 28.1. The zero-order chi connectivity index (χ0) is 9.19. The van der Waals surface area contributed by atoms with E-state index in [0.29, 0.717) is 6.42 Å². The standard InChI is InChI=1S/C7H14F2N2S/c1-10-6-3-4-11(12-2)5-7(6,8)9/h6,10H,3-5H2,1-2H3. The summed E-state index contributed by atoms with van der Waals surface area (Å²) >= 11 is 1.39. The highest BCUT2D eigenvalue weighted by Gasteiger charge is 2.43. The van der Waals surface area contributed by atoms with E-state index in [1.807, 2.05) is 6.26 Å². The first-order valence-corrected chi connectivity index (χ1v) is 5.12. The molecule has 1 unspecified atom stereocenters. The van der Waals surface area contributed by atoms with Crippen LogP contribution < -0.4 is 5.32 Å². The molecule has 1 atom stereocenters. The van der Waals surface area contributed by atoms with E-state index in [-0.39, 0.29) is 6.54 Å². The van der Waals surface area contributed by atoms with E-state index in [4.69, 9.17) is 0 Å². The Balaban J connectivity index is 2.54. The summed E-state index contributed by atoms with van der Waals surface area (Å²) in [5.41, 5.74) is 0.